The van der Waals surface area contributed by atoms with Crippen molar-refractivity contribution in [3.63, 3.8) is 0 Å². The summed E-state index contributed by atoms with van der Waals surface area (Å²) in [6, 6.07) is 10.6. The number of hydrogen-bond acceptors (Lipinski definition) is 4. The molecule has 0 aliphatic carbocycles. The molecule has 0 atom stereocenters. The number of halogens is 1. The van der Waals surface area contributed by atoms with Crippen molar-refractivity contribution in [3.8, 4) is 5.75 Å². The van der Waals surface area contributed by atoms with Crippen LogP contribution in [0.25, 0.3) is 0 Å². The van der Waals surface area contributed by atoms with Crippen molar-refractivity contribution in [2.24, 2.45) is 0 Å². The summed E-state index contributed by atoms with van der Waals surface area (Å²) in [4.78, 5) is 21.9. The number of anilines is 1. The highest BCUT2D eigenvalue weighted by atomic mass is 79.9. The number of nitro benzene ring substituents is 1. The first-order valence-electron chi connectivity index (χ1n) is 5.52. The number of carbonyl (C=O) groups is 1. The number of aromatic hydroxyl groups is 1. The van der Waals surface area contributed by atoms with E-state index in [1.54, 1.807) is 24.3 Å². The van der Waals surface area contributed by atoms with Crippen molar-refractivity contribution in [2.75, 3.05) is 5.32 Å². The molecular formula is C13H9BrN2O4. The third-order valence-electron chi connectivity index (χ3n) is 2.56. The lowest BCUT2D eigenvalue weighted by molar-refractivity contribution is -0.385. The van der Waals surface area contributed by atoms with E-state index in [0.29, 0.717) is 5.69 Å². The van der Waals surface area contributed by atoms with Crippen molar-refractivity contribution in [1.82, 2.24) is 0 Å². The van der Waals surface area contributed by atoms with Gasteiger partial charge in [-0.2, -0.15) is 0 Å². The van der Waals surface area contributed by atoms with Crippen LogP contribution in [0.4, 0.5) is 11.4 Å². The lowest BCUT2D eigenvalue weighted by Crippen LogP contribution is -2.12. The number of nitrogens with zero attached hydrogens (tertiary/aromatic N) is 1. The third-order valence-corrected chi connectivity index (χ3v) is 3.09. The summed E-state index contributed by atoms with van der Waals surface area (Å²) >= 11 is 3.27. The topological polar surface area (TPSA) is 92.5 Å². The summed E-state index contributed by atoms with van der Waals surface area (Å²) < 4.78 is 0.855. The number of carbonyl (C=O) groups excluding carboxylic acids is 1. The van der Waals surface area contributed by atoms with Gasteiger partial charge in [0.15, 0.2) is 0 Å². The van der Waals surface area contributed by atoms with Gasteiger partial charge < -0.3 is 10.4 Å². The molecule has 7 heteroatoms. The van der Waals surface area contributed by atoms with E-state index >= 15 is 0 Å². The molecule has 2 aromatic carbocycles. The van der Waals surface area contributed by atoms with Gasteiger partial charge in [-0.3, -0.25) is 14.9 Å². The Bertz CT molecular complexity index is 671. The van der Waals surface area contributed by atoms with Crippen LogP contribution >= 0.6 is 15.9 Å². The Balaban J connectivity index is 2.28. The van der Waals surface area contributed by atoms with Gasteiger partial charge in [-0.15, -0.1) is 0 Å². The Morgan fingerprint density at radius 3 is 2.45 bits per heavy atom. The first-order chi connectivity index (χ1) is 9.49. The molecule has 102 valence electrons. The molecule has 0 aromatic heterocycles. The van der Waals surface area contributed by atoms with Crippen LogP contribution < -0.4 is 5.32 Å². The number of para-hydroxylation sites is 1. The molecule has 0 bridgehead atoms. The summed E-state index contributed by atoms with van der Waals surface area (Å²) in [6.07, 6.45) is 0. The van der Waals surface area contributed by atoms with Crippen molar-refractivity contribution >= 4 is 33.2 Å². The Morgan fingerprint density at radius 1 is 1.20 bits per heavy atom. The molecule has 2 N–H and O–H groups in total. The Labute approximate surface area is 122 Å². The van der Waals surface area contributed by atoms with E-state index in [-0.39, 0.29) is 5.56 Å². The summed E-state index contributed by atoms with van der Waals surface area (Å²) in [5, 5.41) is 23.0. The largest absolute Gasteiger partial charge is 0.502 e. The average Bonchev–Trinajstić information content (AvgIpc) is 2.41. The van der Waals surface area contributed by atoms with Gasteiger partial charge in [0, 0.05) is 16.2 Å². The lowest BCUT2D eigenvalue weighted by atomic mass is 10.1. The molecule has 2 aromatic rings. The van der Waals surface area contributed by atoms with E-state index in [9.17, 15) is 20.0 Å². The van der Waals surface area contributed by atoms with Crippen LogP contribution in [0.2, 0.25) is 0 Å². The Kier molecular flexibility index (Phi) is 3.99. The second kappa shape index (κ2) is 5.70. The smallest absolute Gasteiger partial charge is 0.311 e. The van der Waals surface area contributed by atoms with Crippen molar-refractivity contribution in [1.29, 1.82) is 0 Å². The predicted octanol–water partition coefficient (Wildman–Crippen LogP) is 3.32. The minimum absolute atomic E-state index is 0.151. The van der Waals surface area contributed by atoms with Gasteiger partial charge in [-0.1, -0.05) is 22.0 Å². The van der Waals surface area contributed by atoms with Crippen molar-refractivity contribution in [2.45, 2.75) is 0 Å². The maximum absolute atomic E-state index is 12.0. The van der Waals surface area contributed by atoms with E-state index < -0.39 is 22.3 Å². The van der Waals surface area contributed by atoms with Crippen molar-refractivity contribution < 1.29 is 14.8 Å². The van der Waals surface area contributed by atoms with Gasteiger partial charge in [0.2, 0.25) is 5.75 Å². The van der Waals surface area contributed by atoms with Crippen LogP contribution in [0.3, 0.4) is 0 Å². The molecular weight excluding hydrogens is 328 g/mol. The molecule has 1 amide bonds. The average molecular weight is 337 g/mol. The van der Waals surface area contributed by atoms with Crippen LogP contribution in [-0.4, -0.2) is 15.9 Å². The van der Waals surface area contributed by atoms with E-state index in [4.69, 9.17) is 0 Å². The number of nitrogens with one attached hydrogen (secondary N) is 1. The number of phenols is 1. The summed E-state index contributed by atoms with van der Waals surface area (Å²) in [6.45, 7) is 0. The molecule has 0 heterocycles. The molecule has 0 fully saturated rings. The minimum atomic E-state index is -0.744. The molecule has 20 heavy (non-hydrogen) atoms. The highest BCUT2D eigenvalue weighted by Crippen LogP contribution is 2.29. The van der Waals surface area contributed by atoms with Gasteiger partial charge in [0.25, 0.3) is 5.91 Å². The lowest BCUT2D eigenvalue weighted by Gasteiger charge is -2.07. The fraction of sp³-hybridized carbons (Fsp3) is 0. The SMILES string of the molecule is O=C(Nc1ccc(Br)cc1)c1cccc([N+](=O)[O-])c1O. The zero-order valence-corrected chi connectivity index (χ0v) is 11.6. The van der Waals surface area contributed by atoms with Crippen molar-refractivity contribution in [3.05, 3.63) is 62.6 Å². The molecule has 0 aliphatic heterocycles. The molecule has 0 aliphatic rings. The summed E-state index contributed by atoms with van der Waals surface area (Å²) in [5.41, 5.74) is -0.139. The highest BCUT2D eigenvalue weighted by molar-refractivity contribution is 9.10. The highest BCUT2D eigenvalue weighted by Gasteiger charge is 2.20. The molecule has 6 nitrogen and oxygen atoms in total. The molecule has 0 saturated carbocycles. The van der Waals surface area contributed by atoms with Crippen LogP contribution in [-0.2, 0) is 0 Å². The normalized spacial score (nSPS) is 10.1. The van der Waals surface area contributed by atoms with Crippen LogP contribution in [0.5, 0.6) is 5.75 Å². The van der Waals surface area contributed by atoms with Crippen LogP contribution in [0.1, 0.15) is 10.4 Å². The number of rotatable bonds is 3. The molecule has 0 spiro atoms. The van der Waals surface area contributed by atoms with Gasteiger partial charge in [-0.05, 0) is 30.3 Å². The number of phenolic OH excluding ortho intramolecular Hbond substituents is 1. The standard InChI is InChI=1S/C13H9BrN2O4/c14-8-4-6-9(7-5-8)15-13(18)10-2-1-3-11(12(10)17)16(19)20/h1-7,17H,(H,15,18). The number of benzene rings is 2. The maximum Gasteiger partial charge on any atom is 0.311 e. The fourth-order valence-electron chi connectivity index (χ4n) is 1.59. The molecule has 0 radical (unpaired) electrons. The van der Waals surface area contributed by atoms with Gasteiger partial charge >= 0.3 is 5.69 Å². The molecule has 0 unspecified atom stereocenters. The second-order valence-electron chi connectivity index (χ2n) is 3.89. The van der Waals surface area contributed by atoms with Crippen LogP contribution in [0.15, 0.2) is 46.9 Å². The molecule has 0 saturated heterocycles. The first-order valence-corrected chi connectivity index (χ1v) is 6.31. The van der Waals surface area contributed by atoms with Gasteiger partial charge in [0.1, 0.15) is 0 Å². The number of hydrogen-bond donors (Lipinski definition) is 2. The summed E-state index contributed by atoms with van der Waals surface area (Å²) in [5.74, 6) is -1.26. The van der Waals surface area contributed by atoms with E-state index in [0.717, 1.165) is 10.5 Å². The Morgan fingerprint density at radius 2 is 1.85 bits per heavy atom. The zero-order chi connectivity index (χ0) is 14.7. The number of nitro groups is 1. The van der Waals surface area contributed by atoms with Gasteiger partial charge in [0.05, 0.1) is 10.5 Å². The van der Waals surface area contributed by atoms with Gasteiger partial charge in [-0.25, -0.2) is 0 Å². The second-order valence-corrected chi connectivity index (χ2v) is 4.81. The first kappa shape index (κ1) is 14.0. The van der Waals surface area contributed by atoms with E-state index in [1.165, 1.54) is 12.1 Å². The third kappa shape index (κ3) is 2.94. The quantitative estimate of drug-likeness (QED) is 0.664. The maximum atomic E-state index is 12.0. The molecule has 2 rings (SSSR count). The zero-order valence-electron chi connectivity index (χ0n) is 10.0. The number of amides is 1. The minimum Gasteiger partial charge on any atom is -0.502 e. The Hall–Kier alpha value is -2.41. The monoisotopic (exact) mass is 336 g/mol. The summed E-state index contributed by atoms with van der Waals surface area (Å²) in [7, 11) is 0. The predicted molar refractivity (Wildman–Crippen MR) is 76.9 cm³/mol. The van der Waals surface area contributed by atoms with E-state index in [2.05, 4.69) is 21.2 Å². The van der Waals surface area contributed by atoms with Crippen LogP contribution in [0, 0.1) is 10.1 Å². The van der Waals surface area contributed by atoms with E-state index in [1.807, 2.05) is 0 Å². The fourth-order valence-corrected chi connectivity index (χ4v) is 1.86.